The minimum atomic E-state index is 0.612. The second kappa shape index (κ2) is 4.17. The summed E-state index contributed by atoms with van der Waals surface area (Å²) in [4.78, 5) is 5.31. The van der Waals surface area contributed by atoms with Crippen LogP contribution in [0.1, 0.15) is 18.5 Å². The summed E-state index contributed by atoms with van der Waals surface area (Å²) in [6, 6.07) is 12.6. The first kappa shape index (κ1) is 10.3. The number of hydrogen-bond acceptors (Lipinski definition) is 1. The molecule has 1 atom stereocenters. The second-order valence-electron chi connectivity index (χ2n) is 4.55. The highest BCUT2D eigenvalue weighted by Crippen LogP contribution is 2.38. The number of para-hydroxylation sites is 1. The van der Waals surface area contributed by atoms with Crippen molar-refractivity contribution in [2.24, 2.45) is 5.92 Å². The van der Waals surface area contributed by atoms with Gasteiger partial charge in [-0.25, -0.2) is 0 Å². The number of nitrogens with zero attached hydrogens (tertiary/aromatic N) is 1. The lowest BCUT2D eigenvalue weighted by Gasteiger charge is -2.08. The van der Waals surface area contributed by atoms with Crippen LogP contribution < -0.4 is 0 Å². The van der Waals surface area contributed by atoms with Crippen LogP contribution in [0.2, 0.25) is 0 Å². The fourth-order valence-corrected chi connectivity index (χ4v) is 2.91. The first-order chi connectivity index (χ1) is 7.83. The fraction of sp³-hybridized carbons (Fsp3) is 0.357. The number of benzene rings is 1. The predicted octanol–water partition coefficient (Wildman–Crippen LogP) is 3.95. The molecule has 1 aromatic carbocycles. The Labute approximate surface area is 104 Å². The number of pyridine rings is 1. The number of rotatable bonds is 3. The third kappa shape index (κ3) is 2.12. The van der Waals surface area contributed by atoms with E-state index in [1.807, 2.05) is 6.07 Å². The summed E-state index contributed by atoms with van der Waals surface area (Å²) < 4.78 is 0. The van der Waals surface area contributed by atoms with Crippen LogP contribution in [0.15, 0.2) is 36.4 Å². The Morgan fingerprint density at radius 3 is 2.81 bits per heavy atom. The zero-order valence-corrected chi connectivity index (χ0v) is 10.7. The number of fused-ring (bicyclic) bond motifs is 1. The van der Waals surface area contributed by atoms with Crippen LogP contribution in [-0.2, 0) is 6.42 Å². The molecule has 0 N–H and O–H groups in total. The molecule has 0 spiro atoms. The maximum absolute atomic E-state index is 4.70. The molecule has 1 fully saturated rings. The molecule has 2 heteroatoms. The maximum Gasteiger partial charge on any atom is 0.0705 e. The molecule has 1 nitrogen and oxygen atoms in total. The van der Waals surface area contributed by atoms with E-state index in [0.717, 1.165) is 17.9 Å². The molecule has 0 radical (unpaired) electrons. The van der Waals surface area contributed by atoms with Gasteiger partial charge in [0.1, 0.15) is 0 Å². The van der Waals surface area contributed by atoms with Gasteiger partial charge in [-0.3, -0.25) is 4.98 Å². The lowest BCUT2D eigenvalue weighted by atomic mass is 10.1. The van der Waals surface area contributed by atoms with Crippen LogP contribution in [0.4, 0.5) is 0 Å². The van der Waals surface area contributed by atoms with Crippen molar-refractivity contribution in [2.45, 2.75) is 24.1 Å². The highest BCUT2D eigenvalue weighted by molar-refractivity contribution is 9.09. The molecule has 1 saturated carbocycles. The topological polar surface area (TPSA) is 12.9 Å². The monoisotopic (exact) mass is 275 g/mol. The predicted molar refractivity (Wildman–Crippen MR) is 70.9 cm³/mol. The van der Waals surface area contributed by atoms with Gasteiger partial charge in [0.05, 0.1) is 5.52 Å². The van der Waals surface area contributed by atoms with E-state index in [4.69, 9.17) is 4.98 Å². The standard InChI is InChI=1S/C14H14BrN/c15-13(10-5-6-10)9-12-8-7-11-3-1-2-4-14(11)16-12/h1-4,7-8,10,13H,5-6,9H2. The van der Waals surface area contributed by atoms with E-state index in [9.17, 15) is 0 Å². The Kier molecular flexibility index (Phi) is 2.68. The summed E-state index contributed by atoms with van der Waals surface area (Å²) in [7, 11) is 0. The molecule has 1 aliphatic rings. The molecule has 0 amide bonds. The molecular weight excluding hydrogens is 262 g/mol. The highest BCUT2D eigenvalue weighted by atomic mass is 79.9. The molecule has 1 aliphatic carbocycles. The second-order valence-corrected chi connectivity index (χ2v) is 5.73. The van der Waals surface area contributed by atoms with Crippen LogP contribution in [0.5, 0.6) is 0 Å². The third-order valence-electron chi connectivity index (χ3n) is 3.19. The van der Waals surface area contributed by atoms with Gasteiger partial charge in [-0.15, -0.1) is 0 Å². The summed E-state index contributed by atoms with van der Waals surface area (Å²) in [5.41, 5.74) is 2.31. The molecule has 0 bridgehead atoms. The smallest absolute Gasteiger partial charge is 0.0705 e. The van der Waals surface area contributed by atoms with E-state index in [1.165, 1.54) is 23.9 Å². The highest BCUT2D eigenvalue weighted by Gasteiger charge is 2.29. The molecule has 1 aromatic heterocycles. The summed E-state index contributed by atoms with van der Waals surface area (Å²) in [6.07, 6.45) is 3.81. The van der Waals surface area contributed by atoms with E-state index < -0.39 is 0 Å². The summed E-state index contributed by atoms with van der Waals surface area (Å²) >= 11 is 3.77. The molecule has 1 heterocycles. The average Bonchev–Trinajstić information content (AvgIpc) is 3.12. The van der Waals surface area contributed by atoms with E-state index in [-0.39, 0.29) is 0 Å². The first-order valence-corrected chi connectivity index (χ1v) is 6.73. The molecule has 3 rings (SSSR count). The van der Waals surface area contributed by atoms with Crippen molar-refractivity contribution >= 4 is 26.8 Å². The Morgan fingerprint density at radius 2 is 2.00 bits per heavy atom. The lowest BCUT2D eigenvalue weighted by molar-refractivity contribution is 0.749. The Balaban J connectivity index is 1.86. The van der Waals surface area contributed by atoms with Crippen LogP contribution in [0.25, 0.3) is 10.9 Å². The van der Waals surface area contributed by atoms with Gasteiger partial charge in [0.25, 0.3) is 0 Å². The van der Waals surface area contributed by atoms with Gasteiger partial charge in [0.2, 0.25) is 0 Å². The van der Waals surface area contributed by atoms with Gasteiger partial charge in [0, 0.05) is 22.3 Å². The zero-order valence-electron chi connectivity index (χ0n) is 9.07. The van der Waals surface area contributed by atoms with Crippen LogP contribution >= 0.6 is 15.9 Å². The van der Waals surface area contributed by atoms with Crippen molar-refractivity contribution < 1.29 is 0 Å². The van der Waals surface area contributed by atoms with E-state index in [0.29, 0.717) is 4.83 Å². The Bertz CT molecular complexity index is 505. The number of hydrogen-bond donors (Lipinski definition) is 0. The van der Waals surface area contributed by atoms with Crippen LogP contribution in [-0.4, -0.2) is 9.81 Å². The van der Waals surface area contributed by atoms with Gasteiger partial charge in [-0.1, -0.05) is 40.2 Å². The average molecular weight is 276 g/mol. The van der Waals surface area contributed by atoms with Crippen molar-refractivity contribution in [3.05, 3.63) is 42.1 Å². The summed E-state index contributed by atoms with van der Waals surface area (Å²) in [5.74, 6) is 0.883. The Morgan fingerprint density at radius 1 is 1.19 bits per heavy atom. The van der Waals surface area contributed by atoms with Crippen molar-refractivity contribution in [3.63, 3.8) is 0 Å². The third-order valence-corrected chi connectivity index (χ3v) is 4.27. The molecular formula is C14H14BrN. The van der Waals surface area contributed by atoms with E-state index in [1.54, 1.807) is 0 Å². The number of alkyl halides is 1. The van der Waals surface area contributed by atoms with Gasteiger partial charge in [-0.2, -0.15) is 0 Å². The zero-order chi connectivity index (χ0) is 11.0. The fourth-order valence-electron chi connectivity index (χ4n) is 2.05. The van der Waals surface area contributed by atoms with Crippen molar-refractivity contribution in [1.82, 2.24) is 4.98 Å². The SMILES string of the molecule is BrC(Cc1ccc2ccccc2n1)C1CC1. The van der Waals surface area contributed by atoms with Crippen molar-refractivity contribution in [3.8, 4) is 0 Å². The molecule has 1 unspecified atom stereocenters. The molecule has 0 aliphatic heterocycles. The minimum Gasteiger partial charge on any atom is -0.253 e. The summed E-state index contributed by atoms with van der Waals surface area (Å²) in [5, 5.41) is 1.23. The summed E-state index contributed by atoms with van der Waals surface area (Å²) in [6.45, 7) is 0. The molecule has 82 valence electrons. The number of halogens is 1. The first-order valence-electron chi connectivity index (χ1n) is 5.82. The van der Waals surface area contributed by atoms with Gasteiger partial charge < -0.3 is 0 Å². The molecule has 16 heavy (non-hydrogen) atoms. The minimum absolute atomic E-state index is 0.612. The maximum atomic E-state index is 4.70. The quantitative estimate of drug-likeness (QED) is 0.773. The van der Waals surface area contributed by atoms with Gasteiger partial charge in [0.15, 0.2) is 0 Å². The Hall–Kier alpha value is -0.890. The van der Waals surface area contributed by atoms with E-state index >= 15 is 0 Å². The van der Waals surface area contributed by atoms with Crippen LogP contribution in [0, 0.1) is 5.92 Å². The molecule has 0 saturated heterocycles. The normalized spacial score (nSPS) is 17.6. The van der Waals surface area contributed by atoms with Gasteiger partial charge >= 0.3 is 0 Å². The number of aromatic nitrogens is 1. The lowest BCUT2D eigenvalue weighted by Crippen LogP contribution is -2.06. The molecule has 2 aromatic rings. The van der Waals surface area contributed by atoms with Crippen molar-refractivity contribution in [1.29, 1.82) is 0 Å². The van der Waals surface area contributed by atoms with Crippen molar-refractivity contribution in [2.75, 3.05) is 0 Å². The largest absolute Gasteiger partial charge is 0.253 e. The van der Waals surface area contributed by atoms with Gasteiger partial charge in [-0.05, 0) is 30.9 Å². The van der Waals surface area contributed by atoms with Crippen LogP contribution in [0.3, 0.4) is 0 Å². The van der Waals surface area contributed by atoms with E-state index in [2.05, 4.69) is 46.3 Å².